The molecule has 0 aliphatic carbocycles. The van der Waals surface area contributed by atoms with Crippen molar-refractivity contribution in [2.45, 2.75) is 25.4 Å². The van der Waals surface area contributed by atoms with Gasteiger partial charge in [-0.15, -0.1) is 11.3 Å². The van der Waals surface area contributed by atoms with Crippen molar-refractivity contribution in [3.05, 3.63) is 56.7 Å². The Morgan fingerprint density at radius 2 is 1.91 bits per heavy atom. The Bertz CT molecular complexity index is 675. The molecule has 1 saturated heterocycles. The van der Waals surface area contributed by atoms with Crippen LogP contribution in [0, 0.1) is 6.92 Å². The largest absolute Gasteiger partial charge is 0.385 e. The molecule has 0 atom stereocenters. The second-order valence-corrected chi connectivity index (χ2v) is 7.01. The molecular weight excluding hydrogens is 318 g/mol. The number of likely N-dealkylation sites (tertiary alicyclic amines) is 1. The minimum absolute atomic E-state index is 0.0294. The van der Waals surface area contributed by atoms with Crippen LogP contribution in [-0.4, -0.2) is 29.0 Å². The lowest BCUT2D eigenvalue weighted by molar-refractivity contribution is -0.0210. The molecule has 2 aromatic rings. The van der Waals surface area contributed by atoms with Crippen LogP contribution in [0.15, 0.2) is 35.7 Å². The van der Waals surface area contributed by atoms with Crippen molar-refractivity contribution < 1.29 is 9.90 Å². The van der Waals surface area contributed by atoms with Gasteiger partial charge >= 0.3 is 0 Å². The lowest BCUT2D eigenvalue weighted by Crippen LogP contribution is -2.45. The first-order valence-electron chi connectivity index (χ1n) is 7.32. The number of carbonyl (C=O) groups is 1. The molecule has 116 valence electrons. The third-order valence-electron chi connectivity index (χ3n) is 4.28. The average molecular weight is 336 g/mol. The number of carbonyl (C=O) groups excluding carboxylic acids is 1. The number of hydrogen-bond acceptors (Lipinski definition) is 3. The summed E-state index contributed by atoms with van der Waals surface area (Å²) in [5.74, 6) is -0.0294. The van der Waals surface area contributed by atoms with Crippen molar-refractivity contribution in [2.24, 2.45) is 0 Å². The summed E-state index contributed by atoms with van der Waals surface area (Å²) in [6, 6.07) is 9.68. The number of nitrogens with zero attached hydrogens (tertiary/aromatic N) is 1. The first kappa shape index (κ1) is 15.5. The predicted molar refractivity (Wildman–Crippen MR) is 89.5 cm³/mol. The van der Waals surface area contributed by atoms with Gasteiger partial charge in [0.1, 0.15) is 4.88 Å². The second kappa shape index (κ2) is 6.03. The van der Waals surface area contributed by atoms with Crippen molar-refractivity contribution in [1.29, 1.82) is 0 Å². The summed E-state index contributed by atoms with van der Waals surface area (Å²) in [5, 5.41) is 13.3. The monoisotopic (exact) mass is 335 g/mol. The van der Waals surface area contributed by atoms with Crippen LogP contribution < -0.4 is 0 Å². The summed E-state index contributed by atoms with van der Waals surface area (Å²) in [5.41, 5.74) is 1.02. The van der Waals surface area contributed by atoms with E-state index in [2.05, 4.69) is 0 Å². The highest BCUT2D eigenvalue weighted by atomic mass is 35.5. The van der Waals surface area contributed by atoms with Gasteiger partial charge in [0.05, 0.1) is 10.6 Å². The standard InChI is InChI=1S/C17H18ClNO2S/c1-12-11-22-15(14(12)18)16(20)19-9-7-17(21,8-10-19)13-5-3-2-4-6-13/h2-6,11,21H,7-10H2,1H3. The maximum Gasteiger partial charge on any atom is 0.265 e. The lowest BCUT2D eigenvalue weighted by Gasteiger charge is -2.38. The summed E-state index contributed by atoms with van der Waals surface area (Å²) >= 11 is 7.58. The van der Waals surface area contributed by atoms with E-state index >= 15 is 0 Å². The molecule has 22 heavy (non-hydrogen) atoms. The molecule has 5 heteroatoms. The summed E-state index contributed by atoms with van der Waals surface area (Å²) in [6.45, 7) is 2.98. The number of amides is 1. The smallest absolute Gasteiger partial charge is 0.265 e. The van der Waals surface area contributed by atoms with Gasteiger partial charge in [-0.2, -0.15) is 0 Å². The Morgan fingerprint density at radius 3 is 2.45 bits per heavy atom. The first-order chi connectivity index (χ1) is 10.5. The molecule has 0 radical (unpaired) electrons. The van der Waals surface area contributed by atoms with Crippen LogP contribution in [0.2, 0.25) is 5.02 Å². The summed E-state index contributed by atoms with van der Waals surface area (Å²) in [7, 11) is 0. The van der Waals surface area contributed by atoms with Gasteiger partial charge in [0.2, 0.25) is 0 Å². The molecule has 1 N–H and O–H groups in total. The van der Waals surface area contributed by atoms with Gasteiger partial charge in [0, 0.05) is 13.1 Å². The SMILES string of the molecule is Cc1csc(C(=O)N2CCC(O)(c3ccccc3)CC2)c1Cl. The molecule has 1 aliphatic rings. The first-order valence-corrected chi connectivity index (χ1v) is 8.58. The Morgan fingerprint density at radius 1 is 1.27 bits per heavy atom. The van der Waals surface area contributed by atoms with Crippen LogP contribution in [0.25, 0.3) is 0 Å². The van der Waals surface area contributed by atoms with Crippen molar-refractivity contribution in [2.75, 3.05) is 13.1 Å². The molecule has 2 heterocycles. The fraction of sp³-hybridized carbons (Fsp3) is 0.353. The molecule has 1 aromatic heterocycles. The molecule has 1 fully saturated rings. The highest BCUT2D eigenvalue weighted by Gasteiger charge is 2.36. The number of halogens is 1. The van der Waals surface area contributed by atoms with Crippen LogP contribution in [-0.2, 0) is 5.60 Å². The normalized spacial score (nSPS) is 17.5. The van der Waals surface area contributed by atoms with E-state index in [0.29, 0.717) is 35.8 Å². The van der Waals surface area contributed by atoms with Gasteiger partial charge in [0.15, 0.2) is 0 Å². The van der Waals surface area contributed by atoms with Gasteiger partial charge in [0.25, 0.3) is 5.91 Å². The third kappa shape index (κ3) is 2.78. The molecular formula is C17H18ClNO2S. The topological polar surface area (TPSA) is 40.5 Å². The van der Waals surface area contributed by atoms with E-state index in [1.54, 1.807) is 4.90 Å². The highest BCUT2D eigenvalue weighted by molar-refractivity contribution is 7.13. The number of thiophene rings is 1. The molecule has 0 unspecified atom stereocenters. The summed E-state index contributed by atoms with van der Waals surface area (Å²) in [6.07, 6.45) is 1.09. The second-order valence-electron chi connectivity index (χ2n) is 5.75. The summed E-state index contributed by atoms with van der Waals surface area (Å²) in [4.78, 5) is 14.9. The van der Waals surface area contributed by atoms with E-state index in [1.165, 1.54) is 11.3 Å². The zero-order valence-corrected chi connectivity index (χ0v) is 14.0. The molecule has 0 saturated carbocycles. The van der Waals surface area contributed by atoms with Crippen LogP contribution in [0.5, 0.6) is 0 Å². The maximum absolute atomic E-state index is 12.6. The molecule has 3 rings (SSSR count). The number of aliphatic hydroxyl groups is 1. The highest BCUT2D eigenvalue weighted by Crippen LogP contribution is 2.34. The van der Waals surface area contributed by atoms with E-state index in [0.717, 1.165) is 11.1 Å². The zero-order valence-electron chi connectivity index (χ0n) is 12.4. The van der Waals surface area contributed by atoms with Gasteiger partial charge in [-0.05, 0) is 36.3 Å². The van der Waals surface area contributed by atoms with Gasteiger partial charge in [-0.1, -0.05) is 41.9 Å². The van der Waals surface area contributed by atoms with E-state index < -0.39 is 5.60 Å². The molecule has 0 spiro atoms. The van der Waals surface area contributed by atoms with Crippen molar-refractivity contribution in [3.8, 4) is 0 Å². The molecule has 3 nitrogen and oxygen atoms in total. The molecule has 0 bridgehead atoms. The van der Waals surface area contributed by atoms with Gasteiger partial charge in [-0.3, -0.25) is 4.79 Å². The van der Waals surface area contributed by atoms with Gasteiger partial charge in [-0.25, -0.2) is 0 Å². The minimum atomic E-state index is -0.840. The minimum Gasteiger partial charge on any atom is -0.385 e. The molecule has 1 amide bonds. The number of rotatable bonds is 2. The Balaban J connectivity index is 1.72. The summed E-state index contributed by atoms with van der Waals surface area (Å²) < 4.78 is 0. The average Bonchev–Trinajstić information content (AvgIpc) is 2.88. The number of hydrogen-bond donors (Lipinski definition) is 1. The zero-order chi connectivity index (χ0) is 15.7. The van der Waals surface area contributed by atoms with E-state index in [-0.39, 0.29) is 5.91 Å². The van der Waals surface area contributed by atoms with Crippen molar-refractivity contribution in [1.82, 2.24) is 4.90 Å². The quantitative estimate of drug-likeness (QED) is 0.906. The maximum atomic E-state index is 12.6. The Hall–Kier alpha value is -1.36. The van der Waals surface area contributed by atoms with E-state index in [1.807, 2.05) is 42.6 Å². The molecule has 1 aliphatic heterocycles. The van der Waals surface area contributed by atoms with Crippen LogP contribution in [0.1, 0.15) is 33.6 Å². The fourth-order valence-electron chi connectivity index (χ4n) is 2.83. The lowest BCUT2D eigenvalue weighted by atomic mass is 9.84. The Labute approximate surface area is 139 Å². The number of benzene rings is 1. The number of piperidine rings is 1. The van der Waals surface area contributed by atoms with Gasteiger partial charge < -0.3 is 10.0 Å². The third-order valence-corrected chi connectivity index (χ3v) is 5.97. The number of aryl methyl sites for hydroxylation is 1. The fourth-order valence-corrected chi connectivity index (χ4v) is 4.08. The van der Waals surface area contributed by atoms with E-state index in [4.69, 9.17) is 11.6 Å². The van der Waals surface area contributed by atoms with Crippen molar-refractivity contribution >= 4 is 28.8 Å². The molecule has 1 aromatic carbocycles. The van der Waals surface area contributed by atoms with E-state index in [9.17, 15) is 9.90 Å². The Kier molecular flexibility index (Phi) is 4.26. The van der Waals surface area contributed by atoms with Crippen molar-refractivity contribution in [3.63, 3.8) is 0 Å². The van der Waals surface area contributed by atoms with Crippen LogP contribution >= 0.6 is 22.9 Å². The predicted octanol–water partition coefficient (Wildman–Crippen LogP) is 3.83. The van der Waals surface area contributed by atoms with Crippen LogP contribution in [0.3, 0.4) is 0 Å². The van der Waals surface area contributed by atoms with Crippen LogP contribution in [0.4, 0.5) is 0 Å².